The molecule has 0 unspecified atom stereocenters. The van der Waals surface area contributed by atoms with Gasteiger partial charge in [-0.1, -0.05) is 0 Å². The van der Waals surface area contributed by atoms with Crippen LogP contribution >= 0.6 is 0 Å². The monoisotopic (exact) mass is 345 g/mol. The Kier molecular flexibility index (Phi) is 4.89. The summed E-state index contributed by atoms with van der Waals surface area (Å²) >= 11 is 0. The summed E-state index contributed by atoms with van der Waals surface area (Å²) in [5.41, 5.74) is 0.491. The number of aryl methyl sites for hydroxylation is 1. The van der Waals surface area contributed by atoms with Gasteiger partial charge in [-0.15, -0.1) is 0 Å². The molecule has 1 fully saturated rings. The molecule has 2 aromatic heterocycles. The van der Waals surface area contributed by atoms with Crippen molar-refractivity contribution in [3.8, 4) is 5.75 Å². The lowest BCUT2D eigenvalue weighted by atomic mass is 10.2. The van der Waals surface area contributed by atoms with Gasteiger partial charge >= 0.3 is 0 Å². The van der Waals surface area contributed by atoms with Crippen molar-refractivity contribution in [1.82, 2.24) is 19.7 Å². The molecule has 3 rings (SSSR count). The van der Waals surface area contributed by atoms with Crippen LogP contribution in [0.3, 0.4) is 0 Å². The third kappa shape index (κ3) is 3.90. The molecule has 0 bridgehead atoms. The average molecular weight is 345 g/mol. The number of aliphatic hydroxyl groups is 1. The van der Waals surface area contributed by atoms with E-state index in [4.69, 9.17) is 4.74 Å². The number of anilines is 1. The predicted molar refractivity (Wildman–Crippen MR) is 92.5 cm³/mol. The van der Waals surface area contributed by atoms with Crippen LogP contribution in [0.15, 0.2) is 30.7 Å². The number of β-amino-alcohol motifs (C(OH)–C–C–N with tert-alkyl or cyclic N) is 1. The fraction of sp³-hybridized carbons (Fsp3) is 0.471. The molecule has 25 heavy (non-hydrogen) atoms. The van der Waals surface area contributed by atoms with E-state index in [1.54, 1.807) is 47.4 Å². The minimum atomic E-state index is -0.748. The highest BCUT2D eigenvalue weighted by molar-refractivity contribution is 5.99. The van der Waals surface area contributed by atoms with E-state index in [-0.39, 0.29) is 18.5 Å². The first-order valence-corrected chi connectivity index (χ1v) is 8.28. The number of pyridine rings is 1. The minimum Gasteiger partial charge on any atom is -0.482 e. The van der Waals surface area contributed by atoms with Gasteiger partial charge in [0.2, 0.25) is 0 Å². The zero-order valence-electron chi connectivity index (χ0n) is 14.6. The van der Waals surface area contributed by atoms with Gasteiger partial charge < -0.3 is 20.1 Å². The van der Waals surface area contributed by atoms with Gasteiger partial charge in [-0.05, 0) is 26.0 Å². The molecule has 2 N–H and O–H groups in total. The SMILES string of the molecule is CC(C)Nc1ncccc1C(=O)N1C[C@@H](O)[C@H](Oc2cnn(C)c2)C1. The molecule has 8 heteroatoms. The van der Waals surface area contributed by atoms with Gasteiger partial charge in [0.15, 0.2) is 5.75 Å². The first-order valence-electron chi connectivity index (χ1n) is 8.28. The summed E-state index contributed by atoms with van der Waals surface area (Å²) in [7, 11) is 1.79. The molecule has 134 valence electrons. The third-order valence-corrected chi connectivity index (χ3v) is 3.96. The molecule has 0 radical (unpaired) electrons. The van der Waals surface area contributed by atoms with Gasteiger partial charge in [-0.25, -0.2) is 4.98 Å². The van der Waals surface area contributed by atoms with Crippen LogP contribution in [0, 0.1) is 0 Å². The Morgan fingerprint density at radius 1 is 1.44 bits per heavy atom. The van der Waals surface area contributed by atoms with E-state index >= 15 is 0 Å². The molecular weight excluding hydrogens is 322 g/mol. The Balaban J connectivity index is 1.71. The Morgan fingerprint density at radius 2 is 2.24 bits per heavy atom. The van der Waals surface area contributed by atoms with Gasteiger partial charge in [0.25, 0.3) is 5.91 Å². The van der Waals surface area contributed by atoms with Gasteiger partial charge in [0.05, 0.1) is 31.0 Å². The van der Waals surface area contributed by atoms with Crippen molar-refractivity contribution in [3.05, 3.63) is 36.3 Å². The summed E-state index contributed by atoms with van der Waals surface area (Å²) in [5, 5.41) is 17.5. The molecule has 1 aliphatic heterocycles. The second kappa shape index (κ2) is 7.10. The summed E-state index contributed by atoms with van der Waals surface area (Å²) in [6.45, 7) is 4.51. The molecule has 1 aliphatic rings. The van der Waals surface area contributed by atoms with Crippen LogP contribution in [0.2, 0.25) is 0 Å². The summed E-state index contributed by atoms with van der Waals surface area (Å²) in [5.74, 6) is 0.950. The number of hydrogen-bond donors (Lipinski definition) is 2. The maximum absolute atomic E-state index is 12.9. The number of nitrogens with zero attached hydrogens (tertiary/aromatic N) is 4. The van der Waals surface area contributed by atoms with Crippen molar-refractivity contribution < 1.29 is 14.6 Å². The quantitative estimate of drug-likeness (QED) is 0.836. The fourth-order valence-electron chi connectivity index (χ4n) is 2.81. The highest BCUT2D eigenvalue weighted by Gasteiger charge is 2.37. The zero-order chi connectivity index (χ0) is 18.0. The van der Waals surface area contributed by atoms with Crippen molar-refractivity contribution >= 4 is 11.7 Å². The van der Waals surface area contributed by atoms with E-state index in [9.17, 15) is 9.90 Å². The molecule has 1 amide bonds. The second-order valence-corrected chi connectivity index (χ2v) is 6.48. The number of carbonyl (C=O) groups excluding carboxylic acids is 1. The number of aliphatic hydroxyl groups excluding tert-OH is 1. The topological polar surface area (TPSA) is 92.5 Å². The van der Waals surface area contributed by atoms with Crippen LogP contribution in [-0.4, -0.2) is 62.0 Å². The molecule has 3 heterocycles. The molecule has 0 aliphatic carbocycles. The fourth-order valence-corrected chi connectivity index (χ4v) is 2.81. The number of amides is 1. The third-order valence-electron chi connectivity index (χ3n) is 3.96. The second-order valence-electron chi connectivity index (χ2n) is 6.48. The van der Waals surface area contributed by atoms with Gasteiger partial charge in [0, 0.05) is 19.3 Å². The van der Waals surface area contributed by atoms with Gasteiger partial charge in [0.1, 0.15) is 18.0 Å². The average Bonchev–Trinajstić information content (AvgIpc) is 3.13. The Hall–Kier alpha value is -2.61. The highest BCUT2D eigenvalue weighted by Crippen LogP contribution is 2.22. The predicted octanol–water partition coefficient (Wildman–Crippen LogP) is 0.900. The molecule has 2 aromatic rings. The highest BCUT2D eigenvalue weighted by atomic mass is 16.5. The van der Waals surface area contributed by atoms with Crippen molar-refractivity contribution in [2.45, 2.75) is 32.1 Å². The number of rotatable bonds is 5. The Morgan fingerprint density at radius 3 is 2.92 bits per heavy atom. The number of aromatic nitrogens is 3. The molecular formula is C17H23N5O3. The number of ether oxygens (including phenoxy) is 1. The molecule has 1 saturated heterocycles. The minimum absolute atomic E-state index is 0.160. The summed E-state index contributed by atoms with van der Waals surface area (Å²) in [6.07, 6.45) is 3.73. The standard InChI is InChI=1S/C17H23N5O3/c1-11(2)20-16-13(5-4-6-18-16)17(24)22-9-14(23)15(10-22)25-12-7-19-21(3)8-12/h4-8,11,14-15,23H,9-10H2,1-3H3,(H,18,20)/t14-,15-/m1/s1. The molecule has 8 nitrogen and oxygen atoms in total. The van der Waals surface area contributed by atoms with E-state index in [2.05, 4.69) is 15.4 Å². The summed E-state index contributed by atoms with van der Waals surface area (Å²) < 4.78 is 7.39. The number of carbonyl (C=O) groups is 1. The lowest BCUT2D eigenvalue weighted by Crippen LogP contribution is -2.32. The largest absolute Gasteiger partial charge is 0.482 e. The summed E-state index contributed by atoms with van der Waals surface area (Å²) in [6, 6.07) is 3.63. The van der Waals surface area contributed by atoms with Crippen molar-refractivity contribution in [2.75, 3.05) is 18.4 Å². The number of likely N-dealkylation sites (tertiary alicyclic amines) is 1. The van der Waals surface area contributed by atoms with Gasteiger partial charge in [-0.2, -0.15) is 5.10 Å². The van der Waals surface area contributed by atoms with Crippen molar-refractivity contribution in [3.63, 3.8) is 0 Å². The first kappa shape index (κ1) is 17.2. The van der Waals surface area contributed by atoms with E-state index in [1.165, 1.54) is 0 Å². The summed E-state index contributed by atoms with van der Waals surface area (Å²) in [4.78, 5) is 18.7. The Bertz CT molecular complexity index is 745. The van der Waals surface area contributed by atoms with Gasteiger partial charge in [-0.3, -0.25) is 9.48 Å². The van der Waals surface area contributed by atoms with Crippen LogP contribution in [0.4, 0.5) is 5.82 Å². The van der Waals surface area contributed by atoms with Crippen molar-refractivity contribution in [1.29, 1.82) is 0 Å². The Labute approximate surface area is 146 Å². The van der Waals surface area contributed by atoms with E-state index < -0.39 is 12.2 Å². The van der Waals surface area contributed by atoms with E-state index in [1.807, 2.05) is 13.8 Å². The molecule has 0 aromatic carbocycles. The first-order chi connectivity index (χ1) is 11.9. The molecule has 0 spiro atoms. The van der Waals surface area contributed by atoms with Crippen molar-refractivity contribution in [2.24, 2.45) is 7.05 Å². The number of nitrogens with one attached hydrogen (secondary N) is 1. The van der Waals surface area contributed by atoms with Crippen LogP contribution in [0.1, 0.15) is 24.2 Å². The van der Waals surface area contributed by atoms with E-state index in [0.717, 1.165) is 0 Å². The lowest BCUT2D eigenvalue weighted by Gasteiger charge is -2.19. The zero-order valence-corrected chi connectivity index (χ0v) is 14.6. The number of hydrogen-bond acceptors (Lipinski definition) is 6. The van der Waals surface area contributed by atoms with E-state index in [0.29, 0.717) is 23.7 Å². The molecule has 0 saturated carbocycles. The van der Waals surface area contributed by atoms with Crippen LogP contribution in [0.5, 0.6) is 5.75 Å². The lowest BCUT2D eigenvalue weighted by molar-refractivity contribution is 0.0729. The van der Waals surface area contributed by atoms with Crippen LogP contribution < -0.4 is 10.1 Å². The normalized spacial score (nSPS) is 20.1. The maximum atomic E-state index is 12.9. The molecule has 2 atom stereocenters. The van der Waals surface area contributed by atoms with Crippen LogP contribution in [0.25, 0.3) is 0 Å². The smallest absolute Gasteiger partial charge is 0.257 e. The van der Waals surface area contributed by atoms with Crippen LogP contribution in [-0.2, 0) is 7.05 Å². The maximum Gasteiger partial charge on any atom is 0.257 e.